The number of carbonyl (C=O) groups excluding carboxylic acids is 1. The summed E-state index contributed by atoms with van der Waals surface area (Å²) in [5.74, 6) is -1.52. The minimum Gasteiger partial charge on any atom is -0.507 e. The van der Waals surface area contributed by atoms with E-state index in [0.717, 1.165) is 24.8 Å². The number of phenols is 1. The van der Waals surface area contributed by atoms with Crippen LogP contribution in [-0.4, -0.2) is 39.6 Å². The van der Waals surface area contributed by atoms with E-state index in [1.54, 1.807) is 12.1 Å². The van der Waals surface area contributed by atoms with Crippen LogP contribution in [0.15, 0.2) is 18.2 Å². The summed E-state index contributed by atoms with van der Waals surface area (Å²) in [4.78, 5) is 25.6. The molecule has 1 amide bonds. The van der Waals surface area contributed by atoms with Crippen molar-refractivity contribution in [3.63, 3.8) is 0 Å². The fourth-order valence-corrected chi connectivity index (χ4v) is 3.03. The van der Waals surface area contributed by atoms with E-state index in [-0.39, 0.29) is 11.3 Å². The van der Waals surface area contributed by atoms with Gasteiger partial charge in [-0.3, -0.25) is 4.79 Å². The molecule has 1 saturated carbocycles. The Bertz CT molecular complexity index is 561. The lowest BCUT2D eigenvalue weighted by Crippen LogP contribution is -2.56. The highest BCUT2D eigenvalue weighted by atomic mass is 16.4. The molecule has 0 radical (unpaired) electrons. The van der Waals surface area contributed by atoms with E-state index in [1.807, 2.05) is 6.92 Å². The lowest BCUT2D eigenvalue weighted by molar-refractivity contribution is -0.151. The molecule has 0 aromatic heterocycles. The maximum Gasteiger partial charge on any atom is 0.329 e. The predicted molar refractivity (Wildman–Crippen MR) is 78.4 cm³/mol. The summed E-state index contributed by atoms with van der Waals surface area (Å²) >= 11 is 0. The largest absolute Gasteiger partial charge is 0.507 e. The van der Waals surface area contributed by atoms with Gasteiger partial charge in [0.25, 0.3) is 5.91 Å². The number of phenolic OH excluding ortho intramolecular Hbond substituents is 1. The van der Waals surface area contributed by atoms with Gasteiger partial charge in [-0.2, -0.15) is 0 Å². The smallest absolute Gasteiger partial charge is 0.329 e. The number of carboxylic acids is 1. The zero-order chi connectivity index (χ0) is 15.6. The quantitative estimate of drug-likeness (QED) is 0.897. The number of hydrogen-bond acceptors (Lipinski definition) is 3. The van der Waals surface area contributed by atoms with Crippen LogP contribution in [0.2, 0.25) is 0 Å². The average Bonchev–Trinajstić information content (AvgIpc) is 2.46. The molecule has 5 heteroatoms. The van der Waals surface area contributed by atoms with E-state index in [9.17, 15) is 19.8 Å². The van der Waals surface area contributed by atoms with Crippen LogP contribution in [0.4, 0.5) is 0 Å². The number of carbonyl (C=O) groups is 2. The van der Waals surface area contributed by atoms with Gasteiger partial charge in [0.2, 0.25) is 0 Å². The van der Waals surface area contributed by atoms with Crippen molar-refractivity contribution < 1.29 is 19.8 Å². The van der Waals surface area contributed by atoms with E-state index in [0.29, 0.717) is 12.8 Å². The first-order chi connectivity index (χ1) is 9.88. The van der Waals surface area contributed by atoms with Gasteiger partial charge in [-0.15, -0.1) is 0 Å². The summed E-state index contributed by atoms with van der Waals surface area (Å²) in [5.41, 5.74) is -0.168. The molecule has 1 aromatic rings. The summed E-state index contributed by atoms with van der Waals surface area (Å²) in [6.45, 7) is 1.82. The van der Waals surface area contributed by atoms with Crippen LogP contribution in [0.5, 0.6) is 5.75 Å². The predicted octanol–water partition coefficient (Wildman–Crippen LogP) is 2.56. The number of amides is 1. The van der Waals surface area contributed by atoms with Crippen molar-refractivity contribution in [2.45, 2.75) is 44.6 Å². The van der Waals surface area contributed by atoms with Crippen molar-refractivity contribution in [2.24, 2.45) is 0 Å². The van der Waals surface area contributed by atoms with Gasteiger partial charge in [-0.25, -0.2) is 4.79 Å². The van der Waals surface area contributed by atoms with Gasteiger partial charge in [0.1, 0.15) is 11.3 Å². The zero-order valence-corrected chi connectivity index (χ0v) is 12.4. The van der Waals surface area contributed by atoms with Crippen LogP contribution in [0.25, 0.3) is 0 Å². The lowest BCUT2D eigenvalue weighted by atomic mass is 9.80. The van der Waals surface area contributed by atoms with Crippen LogP contribution in [0.1, 0.15) is 48.0 Å². The molecule has 2 rings (SSSR count). The monoisotopic (exact) mass is 291 g/mol. The number of carboxylic acid groups (broad SMARTS) is 1. The summed E-state index contributed by atoms with van der Waals surface area (Å²) < 4.78 is 0. The first-order valence-corrected chi connectivity index (χ1v) is 7.20. The minimum absolute atomic E-state index is 0.108. The molecule has 0 unspecified atom stereocenters. The van der Waals surface area contributed by atoms with Crippen LogP contribution < -0.4 is 0 Å². The molecule has 0 spiro atoms. The molecule has 1 aliphatic rings. The molecule has 5 nitrogen and oxygen atoms in total. The Hall–Kier alpha value is -2.04. The molecule has 114 valence electrons. The number of likely N-dealkylation sites (N-methyl/N-ethyl adjacent to an activating group) is 1. The van der Waals surface area contributed by atoms with E-state index >= 15 is 0 Å². The van der Waals surface area contributed by atoms with Gasteiger partial charge in [0.15, 0.2) is 0 Å². The third-order valence-electron chi connectivity index (χ3n) is 4.41. The van der Waals surface area contributed by atoms with Crippen molar-refractivity contribution in [1.29, 1.82) is 0 Å². The number of aryl methyl sites for hydroxylation is 1. The number of aliphatic carboxylic acids is 1. The van der Waals surface area contributed by atoms with Crippen LogP contribution in [0, 0.1) is 6.92 Å². The zero-order valence-electron chi connectivity index (χ0n) is 12.4. The van der Waals surface area contributed by atoms with Gasteiger partial charge >= 0.3 is 5.97 Å². The second kappa shape index (κ2) is 5.76. The summed E-state index contributed by atoms with van der Waals surface area (Å²) in [7, 11) is 1.51. The van der Waals surface area contributed by atoms with Crippen molar-refractivity contribution in [2.75, 3.05) is 7.05 Å². The Balaban J connectivity index is 2.34. The molecular weight excluding hydrogens is 270 g/mol. The fraction of sp³-hybridized carbons (Fsp3) is 0.500. The summed E-state index contributed by atoms with van der Waals surface area (Å²) in [5, 5.41) is 19.5. The normalized spacial score (nSPS) is 17.2. The Morgan fingerprint density at radius 2 is 1.81 bits per heavy atom. The third-order valence-corrected chi connectivity index (χ3v) is 4.41. The second-order valence-corrected chi connectivity index (χ2v) is 5.78. The minimum atomic E-state index is -1.16. The topological polar surface area (TPSA) is 77.8 Å². The lowest BCUT2D eigenvalue weighted by Gasteiger charge is -2.41. The first-order valence-electron chi connectivity index (χ1n) is 7.20. The molecule has 1 fully saturated rings. The Morgan fingerprint density at radius 3 is 2.33 bits per heavy atom. The van der Waals surface area contributed by atoms with E-state index in [1.165, 1.54) is 18.0 Å². The Labute approximate surface area is 124 Å². The second-order valence-electron chi connectivity index (χ2n) is 5.78. The van der Waals surface area contributed by atoms with Gasteiger partial charge in [0, 0.05) is 7.05 Å². The average molecular weight is 291 g/mol. The van der Waals surface area contributed by atoms with Crippen molar-refractivity contribution in [3.8, 4) is 5.75 Å². The third kappa shape index (κ3) is 2.73. The molecule has 21 heavy (non-hydrogen) atoms. The van der Waals surface area contributed by atoms with Crippen LogP contribution in [-0.2, 0) is 4.79 Å². The molecule has 2 N–H and O–H groups in total. The highest BCUT2D eigenvalue weighted by molar-refractivity contribution is 5.99. The summed E-state index contributed by atoms with van der Waals surface area (Å²) in [6.07, 6.45) is 3.49. The Morgan fingerprint density at radius 1 is 1.19 bits per heavy atom. The number of nitrogens with zero attached hydrogens (tertiary/aromatic N) is 1. The fourth-order valence-electron chi connectivity index (χ4n) is 3.03. The SMILES string of the molecule is Cc1ccc(C(=O)N(C)C2(C(=O)O)CCCCC2)c(O)c1. The summed E-state index contributed by atoms with van der Waals surface area (Å²) in [6, 6.07) is 4.78. The molecule has 1 aromatic carbocycles. The van der Waals surface area contributed by atoms with E-state index < -0.39 is 17.4 Å². The van der Waals surface area contributed by atoms with Crippen molar-refractivity contribution in [3.05, 3.63) is 29.3 Å². The van der Waals surface area contributed by atoms with Crippen LogP contribution >= 0.6 is 0 Å². The van der Waals surface area contributed by atoms with Gasteiger partial charge in [-0.1, -0.05) is 25.3 Å². The van der Waals surface area contributed by atoms with Gasteiger partial charge in [-0.05, 0) is 37.5 Å². The molecule has 0 atom stereocenters. The number of rotatable bonds is 3. The molecule has 0 aliphatic heterocycles. The maximum absolute atomic E-state index is 12.6. The van der Waals surface area contributed by atoms with Gasteiger partial charge < -0.3 is 15.1 Å². The first kappa shape index (κ1) is 15.4. The number of hydrogen-bond donors (Lipinski definition) is 2. The van der Waals surface area contributed by atoms with Gasteiger partial charge in [0.05, 0.1) is 5.56 Å². The van der Waals surface area contributed by atoms with Crippen molar-refractivity contribution >= 4 is 11.9 Å². The molecule has 0 saturated heterocycles. The molecular formula is C16H21NO4. The highest BCUT2D eigenvalue weighted by Gasteiger charge is 2.45. The number of aromatic hydroxyl groups is 1. The maximum atomic E-state index is 12.6. The standard InChI is InChI=1S/C16H21NO4/c1-11-6-7-12(13(18)10-11)14(19)17(2)16(15(20)21)8-4-3-5-9-16/h6-7,10,18H,3-5,8-9H2,1-2H3,(H,20,21). The van der Waals surface area contributed by atoms with Crippen molar-refractivity contribution in [1.82, 2.24) is 4.90 Å². The van der Waals surface area contributed by atoms with E-state index in [4.69, 9.17) is 0 Å². The molecule has 1 aliphatic carbocycles. The molecule has 0 heterocycles. The highest BCUT2D eigenvalue weighted by Crippen LogP contribution is 2.35. The van der Waals surface area contributed by atoms with E-state index in [2.05, 4.69) is 0 Å². The number of benzene rings is 1. The van der Waals surface area contributed by atoms with Crippen LogP contribution in [0.3, 0.4) is 0 Å². The molecule has 0 bridgehead atoms. The Kier molecular flexibility index (Phi) is 4.21.